The van der Waals surface area contributed by atoms with E-state index in [2.05, 4.69) is 19.2 Å². The molecule has 4 heteroatoms. The Bertz CT molecular complexity index is 390. The molecule has 1 aromatic carbocycles. The van der Waals surface area contributed by atoms with Gasteiger partial charge in [0.25, 0.3) is 0 Å². The molecule has 0 saturated carbocycles. The summed E-state index contributed by atoms with van der Waals surface area (Å²) in [5.74, 6) is 0.362. The highest BCUT2D eigenvalue weighted by Crippen LogP contribution is 2.12. The van der Waals surface area contributed by atoms with Crippen LogP contribution in [0.25, 0.3) is 0 Å². The zero-order chi connectivity index (χ0) is 14.3. The first kappa shape index (κ1) is 16.0. The standard InChI is InChI=1S/C15H22ClNO2/c1-11(2)10-17-14(9-15(18)19-3)8-12-4-6-13(16)7-5-12/h4-7,11,14,17H,8-10H2,1-3H3. The lowest BCUT2D eigenvalue weighted by molar-refractivity contribution is -0.141. The fourth-order valence-corrected chi connectivity index (χ4v) is 1.93. The summed E-state index contributed by atoms with van der Waals surface area (Å²) >= 11 is 5.87. The largest absolute Gasteiger partial charge is 0.469 e. The third-order valence-corrected chi connectivity index (χ3v) is 3.10. The van der Waals surface area contributed by atoms with Crippen LogP contribution in [-0.2, 0) is 16.0 Å². The van der Waals surface area contributed by atoms with E-state index >= 15 is 0 Å². The van der Waals surface area contributed by atoms with E-state index < -0.39 is 0 Å². The summed E-state index contributed by atoms with van der Waals surface area (Å²) < 4.78 is 4.74. The molecule has 0 spiro atoms. The molecule has 1 unspecified atom stereocenters. The number of esters is 1. The summed E-state index contributed by atoms with van der Waals surface area (Å²) in [6.07, 6.45) is 1.17. The molecule has 0 aliphatic rings. The molecule has 19 heavy (non-hydrogen) atoms. The minimum atomic E-state index is -0.185. The van der Waals surface area contributed by atoms with Crippen molar-refractivity contribution in [2.75, 3.05) is 13.7 Å². The van der Waals surface area contributed by atoms with Crippen molar-refractivity contribution in [3.05, 3.63) is 34.9 Å². The molecule has 1 aromatic rings. The van der Waals surface area contributed by atoms with Crippen molar-refractivity contribution in [2.45, 2.75) is 32.7 Å². The normalized spacial score (nSPS) is 12.5. The highest BCUT2D eigenvalue weighted by atomic mass is 35.5. The maximum absolute atomic E-state index is 11.4. The van der Waals surface area contributed by atoms with Gasteiger partial charge in [-0.05, 0) is 36.6 Å². The number of hydrogen-bond donors (Lipinski definition) is 1. The van der Waals surface area contributed by atoms with E-state index in [0.717, 1.165) is 23.6 Å². The zero-order valence-electron chi connectivity index (χ0n) is 11.8. The van der Waals surface area contributed by atoms with Crippen molar-refractivity contribution in [2.24, 2.45) is 5.92 Å². The lowest BCUT2D eigenvalue weighted by Crippen LogP contribution is -2.36. The van der Waals surface area contributed by atoms with E-state index in [1.54, 1.807) is 0 Å². The summed E-state index contributed by atoms with van der Waals surface area (Å²) in [4.78, 5) is 11.4. The molecule has 0 saturated heterocycles. The summed E-state index contributed by atoms with van der Waals surface area (Å²) in [5, 5.41) is 4.14. The molecule has 0 radical (unpaired) electrons. The van der Waals surface area contributed by atoms with Gasteiger partial charge in [0.05, 0.1) is 13.5 Å². The van der Waals surface area contributed by atoms with Crippen molar-refractivity contribution in [3.63, 3.8) is 0 Å². The van der Waals surface area contributed by atoms with Crippen molar-refractivity contribution in [3.8, 4) is 0 Å². The van der Waals surface area contributed by atoms with Crippen LogP contribution in [0, 0.1) is 5.92 Å². The number of hydrogen-bond acceptors (Lipinski definition) is 3. The van der Waals surface area contributed by atoms with Crippen LogP contribution in [0.1, 0.15) is 25.8 Å². The van der Waals surface area contributed by atoms with Crippen molar-refractivity contribution in [1.29, 1.82) is 0 Å². The molecule has 0 bridgehead atoms. The Kier molecular flexibility index (Phi) is 6.89. The van der Waals surface area contributed by atoms with Gasteiger partial charge in [-0.15, -0.1) is 0 Å². The Balaban J connectivity index is 2.61. The number of ether oxygens (including phenoxy) is 1. The van der Waals surface area contributed by atoms with E-state index in [9.17, 15) is 4.79 Å². The fraction of sp³-hybridized carbons (Fsp3) is 0.533. The quantitative estimate of drug-likeness (QED) is 0.782. The first-order chi connectivity index (χ1) is 9.01. The molecule has 0 aliphatic heterocycles. The van der Waals surface area contributed by atoms with Crippen molar-refractivity contribution in [1.82, 2.24) is 5.32 Å². The number of rotatable bonds is 7. The van der Waals surface area contributed by atoms with Gasteiger partial charge in [-0.3, -0.25) is 4.79 Å². The molecule has 106 valence electrons. The molecule has 3 nitrogen and oxygen atoms in total. The van der Waals surface area contributed by atoms with Crippen molar-refractivity contribution >= 4 is 17.6 Å². The van der Waals surface area contributed by atoms with Crippen LogP contribution in [0.4, 0.5) is 0 Å². The summed E-state index contributed by atoms with van der Waals surface area (Å²) in [6.45, 7) is 5.17. The summed E-state index contributed by atoms with van der Waals surface area (Å²) in [5.41, 5.74) is 1.16. The van der Waals surface area contributed by atoms with E-state index in [0.29, 0.717) is 12.3 Å². The smallest absolute Gasteiger partial charge is 0.307 e. The van der Waals surface area contributed by atoms with Crippen LogP contribution in [0.15, 0.2) is 24.3 Å². The SMILES string of the molecule is COC(=O)CC(Cc1ccc(Cl)cc1)NCC(C)C. The second-order valence-electron chi connectivity index (χ2n) is 5.11. The molecule has 1 N–H and O–H groups in total. The predicted molar refractivity (Wildman–Crippen MR) is 78.4 cm³/mol. The molecule has 0 heterocycles. The van der Waals surface area contributed by atoms with Gasteiger partial charge in [-0.25, -0.2) is 0 Å². The maximum Gasteiger partial charge on any atom is 0.307 e. The van der Waals surface area contributed by atoms with Gasteiger partial charge in [0.1, 0.15) is 0 Å². The highest BCUT2D eigenvalue weighted by Gasteiger charge is 2.15. The number of halogens is 1. The van der Waals surface area contributed by atoms with E-state index in [1.807, 2.05) is 24.3 Å². The Labute approximate surface area is 120 Å². The lowest BCUT2D eigenvalue weighted by Gasteiger charge is -2.19. The summed E-state index contributed by atoms with van der Waals surface area (Å²) in [6, 6.07) is 7.81. The third-order valence-electron chi connectivity index (χ3n) is 2.85. The molecular formula is C15H22ClNO2. The summed E-state index contributed by atoms with van der Waals surface area (Å²) in [7, 11) is 1.42. The molecule has 0 amide bonds. The van der Waals surface area contributed by atoms with E-state index in [1.165, 1.54) is 7.11 Å². The Morgan fingerprint density at radius 1 is 1.32 bits per heavy atom. The second kappa shape index (κ2) is 8.18. The van der Waals surface area contributed by atoms with Gasteiger partial charge in [0.15, 0.2) is 0 Å². The average molecular weight is 284 g/mol. The number of nitrogens with one attached hydrogen (secondary N) is 1. The van der Waals surface area contributed by atoms with Crippen LogP contribution < -0.4 is 5.32 Å². The molecular weight excluding hydrogens is 262 g/mol. The number of methoxy groups -OCH3 is 1. The first-order valence-corrected chi connectivity index (χ1v) is 6.93. The monoisotopic (exact) mass is 283 g/mol. The zero-order valence-corrected chi connectivity index (χ0v) is 12.5. The van der Waals surface area contributed by atoms with Gasteiger partial charge in [-0.1, -0.05) is 37.6 Å². The van der Waals surface area contributed by atoms with Crippen LogP contribution in [0.5, 0.6) is 0 Å². The molecule has 1 atom stereocenters. The van der Waals surface area contributed by atoms with Gasteiger partial charge < -0.3 is 10.1 Å². The Morgan fingerprint density at radius 2 is 1.95 bits per heavy atom. The van der Waals surface area contributed by atoms with Gasteiger partial charge >= 0.3 is 5.97 Å². The third kappa shape index (κ3) is 6.60. The maximum atomic E-state index is 11.4. The van der Waals surface area contributed by atoms with E-state index in [4.69, 9.17) is 16.3 Å². The molecule has 0 aliphatic carbocycles. The topological polar surface area (TPSA) is 38.3 Å². The minimum absolute atomic E-state index is 0.0935. The number of carbonyl (C=O) groups is 1. The van der Waals surface area contributed by atoms with Crippen LogP contribution >= 0.6 is 11.6 Å². The number of carbonyl (C=O) groups excluding carboxylic acids is 1. The molecule has 0 aromatic heterocycles. The predicted octanol–water partition coefficient (Wildman–Crippen LogP) is 3.06. The highest BCUT2D eigenvalue weighted by molar-refractivity contribution is 6.30. The molecule has 0 fully saturated rings. The van der Waals surface area contributed by atoms with Gasteiger partial charge in [0.2, 0.25) is 0 Å². The Morgan fingerprint density at radius 3 is 2.47 bits per heavy atom. The Hall–Kier alpha value is -1.06. The molecule has 1 rings (SSSR count). The minimum Gasteiger partial charge on any atom is -0.469 e. The van der Waals surface area contributed by atoms with Gasteiger partial charge in [0, 0.05) is 11.1 Å². The first-order valence-electron chi connectivity index (χ1n) is 6.56. The van der Waals surface area contributed by atoms with Crippen LogP contribution in [0.3, 0.4) is 0 Å². The fourth-order valence-electron chi connectivity index (χ4n) is 1.81. The number of benzene rings is 1. The van der Waals surface area contributed by atoms with Crippen LogP contribution in [0.2, 0.25) is 5.02 Å². The average Bonchev–Trinajstić information content (AvgIpc) is 2.38. The lowest BCUT2D eigenvalue weighted by atomic mass is 10.0. The van der Waals surface area contributed by atoms with Crippen molar-refractivity contribution < 1.29 is 9.53 Å². The van der Waals surface area contributed by atoms with Gasteiger partial charge in [-0.2, -0.15) is 0 Å². The van der Waals surface area contributed by atoms with Crippen LogP contribution in [-0.4, -0.2) is 25.7 Å². The second-order valence-corrected chi connectivity index (χ2v) is 5.55. The van der Waals surface area contributed by atoms with E-state index in [-0.39, 0.29) is 12.0 Å².